The molecule has 31 heavy (non-hydrogen) atoms. The Kier molecular flexibility index (Phi) is 6.09. The van der Waals surface area contributed by atoms with Crippen molar-refractivity contribution in [3.05, 3.63) is 65.7 Å². The summed E-state index contributed by atoms with van der Waals surface area (Å²) in [4.78, 5) is 27.1. The van der Waals surface area contributed by atoms with Gasteiger partial charge in [-0.2, -0.15) is 5.10 Å². The van der Waals surface area contributed by atoms with Gasteiger partial charge in [-0.25, -0.2) is 4.68 Å². The van der Waals surface area contributed by atoms with Gasteiger partial charge in [-0.05, 0) is 38.8 Å². The normalized spacial score (nSPS) is 13.3. The zero-order valence-electron chi connectivity index (χ0n) is 17.6. The van der Waals surface area contributed by atoms with Crippen molar-refractivity contribution < 1.29 is 9.59 Å². The highest BCUT2D eigenvalue weighted by Crippen LogP contribution is 2.32. The quantitative estimate of drug-likeness (QED) is 0.579. The predicted octanol–water partition coefficient (Wildman–Crippen LogP) is 4.78. The molecule has 1 fully saturated rings. The lowest BCUT2D eigenvalue weighted by Gasteiger charge is -2.26. The number of hydrogen-bond donors (Lipinski definition) is 1. The lowest BCUT2D eigenvalue weighted by Crippen LogP contribution is -2.43. The van der Waals surface area contributed by atoms with Crippen LogP contribution in [0, 0.1) is 5.92 Å². The molecule has 1 N–H and O–H groups in total. The summed E-state index contributed by atoms with van der Waals surface area (Å²) in [6, 6.07) is 18.8. The number of nitrogens with one attached hydrogen (secondary N) is 1. The van der Waals surface area contributed by atoms with Gasteiger partial charge in [-0.3, -0.25) is 9.59 Å². The maximum absolute atomic E-state index is 12.9. The van der Waals surface area contributed by atoms with Crippen molar-refractivity contribution in [3.8, 4) is 16.9 Å². The van der Waals surface area contributed by atoms with E-state index in [-0.39, 0.29) is 30.3 Å². The lowest BCUT2D eigenvalue weighted by atomic mass is 10.1. The Morgan fingerprint density at radius 2 is 1.81 bits per heavy atom. The molecule has 160 valence electrons. The van der Waals surface area contributed by atoms with E-state index in [1.807, 2.05) is 68.4 Å². The first kappa shape index (κ1) is 21.1. The second-order valence-electron chi connectivity index (χ2n) is 8.03. The maximum atomic E-state index is 12.9. The number of hydrogen-bond acceptors (Lipinski definition) is 3. The van der Waals surface area contributed by atoms with Crippen molar-refractivity contribution in [3.63, 3.8) is 0 Å². The molecule has 0 aliphatic heterocycles. The standard InChI is InChI=1S/C24H25ClN4O2/c1-16(2)28(24(31)18-12-13-18)15-23(30)26-22-14-20(17-8-4-3-5-9-17)27-29(22)21-11-7-6-10-19(21)25/h3-11,14,16,18H,12-13,15H2,1-2H3,(H,26,30). The molecule has 2 amide bonds. The van der Waals surface area contributed by atoms with Crippen LogP contribution in [0.2, 0.25) is 5.02 Å². The molecular weight excluding hydrogens is 412 g/mol. The van der Waals surface area contributed by atoms with Gasteiger partial charge >= 0.3 is 0 Å². The Bertz CT molecular complexity index is 1090. The van der Waals surface area contributed by atoms with Gasteiger partial charge in [0.25, 0.3) is 0 Å². The first-order valence-electron chi connectivity index (χ1n) is 10.4. The first-order chi connectivity index (χ1) is 14.9. The number of amides is 2. The molecule has 7 heteroatoms. The number of carbonyl (C=O) groups is 2. The molecular formula is C24H25ClN4O2. The van der Waals surface area contributed by atoms with E-state index in [9.17, 15) is 9.59 Å². The highest BCUT2D eigenvalue weighted by atomic mass is 35.5. The highest BCUT2D eigenvalue weighted by Gasteiger charge is 2.35. The average Bonchev–Trinajstić information content (AvgIpc) is 3.53. The van der Waals surface area contributed by atoms with Crippen LogP contribution in [0.4, 0.5) is 5.82 Å². The fourth-order valence-corrected chi connectivity index (χ4v) is 3.66. The summed E-state index contributed by atoms with van der Waals surface area (Å²) in [5, 5.41) is 8.15. The van der Waals surface area contributed by atoms with Crippen molar-refractivity contribution in [2.75, 3.05) is 11.9 Å². The minimum absolute atomic E-state index is 0.00136. The number of halogens is 1. The molecule has 1 heterocycles. The van der Waals surface area contributed by atoms with Crippen molar-refractivity contribution in [1.82, 2.24) is 14.7 Å². The smallest absolute Gasteiger partial charge is 0.245 e. The van der Waals surface area contributed by atoms with Gasteiger partial charge in [0.05, 0.1) is 16.4 Å². The fraction of sp³-hybridized carbons (Fsp3) is 0.292. The van der Waals surface area contributed by atoms with Gasteiger partial charge < -0.3 is 10.2 Å². The SMILES string of the molecule is CC(C)N(CC(=O)Nc1cc(-c2ccccc2)nn1-c1ccccc1Cl)C(=O)C1CC1. The monoisotopic (exact) mass is 436 g/mol. The number of benzene rings is 2. The van der Waals surface area contributed by atoms with E-state index < -0.39 is 0 Å². The van der Waals surface area contributed by atoms with Crippen LogP contribution in [0.1, 0.15) is 26.7 Å². The molecule has 1 aliphatic rings. The summed E-state index contributed by atoms with van der Waals surface area (Å²) in [5.74, 6) is 0.346. The van der Waals surface area contributed by atoms with E-state index >= 15 is 0 Å². The number of rotatable bonds is 7. The van der Waals surface area contributed by atoms with Crippen LogP contribution in [0.25, 0.3) is 16.9 Å². The van der Waals surface area contributed by atoms with Gasteiger partial charge in [-0.1, -0.05) is 54.1 Å². The number of carbonyl (C=O) groups excluding carboxylic acids is 2. The molecule has 6 nitrogen and oxygen atoms in total. The van der Waals surface area contributed by atoms with Crippen LogP contribution in [-0.2, 0) is 9.59 Å². The van der Waals surface area contributed by atoms with Crippen molar-refractivity contribution >= 4 is 29.2 Å². The molecule has 0 spiro atoms. The summed E-state index contributed by atoms with van der Waals surface area (Å²) in [5.41, 5.74) is 2.30. The Morgan fingerprint density at radius 1 is 1.13 bits per heavy atom. The summed E-state index contributed by atoms with van der Waals surface area (Å²) in [7, 11) is 0. The van der Waals surface area contributed by atoms with Crippen LogP contribution in [-0.4, -0.2) is 39.1 Å². The van der Waals surface area contributed by atoms with Crippen LogP contribution in [0.15, 0.2) is 60.7 Å². The van der Waals surface area contributed by atoms with E-state index in [2.05, 4.69) is 10.4 Å². The molecule has 1 aromatic heterocycles. The molecule has 4 rings (SSSR count). The molecule has 1 saturated carbocycles. The average molecular weight is 437 g/mol. The number of nitrogens with zero attached hydrogens (tertiary/aromatic N) is 3. The first-order valence-corrected chi connectivity index (χ1v) is 10.8. The van der Waals surface area contributed by atoms with E-state index in [1.54, 1.807) is 15.6 Å². The Morgan fingerprint density at radius 3 is 2.45 bits per heavy atom. The minimum Gasteiger partial charge on any atom is -0.331 e. The van der Waals surface area contributed by atoms with E-state index in [0.29, 0.717) is 22.2 Å². The predicted molar refractivity (Wildman–Crippen MR) is 122 cm³/mol. The van der Waals surface area contributed by atoms with Crippen LogP contribution < -0.4 is 5.32 Å². The summed E-state index contributed by atoms with van der Waals surface area (Å²) in [6.45, 7) is 3.85. The zero-order valence-corrected chi connectivity index (χ0v) is 18.3. The summed E-state index contributed by atoms with van der Waals surface area (Å²) < 4.78 is 1.63. The summed E-state index contributed by atoms with van der Waals surface area (Å²) in [6.07, 6.45) is 1.81. The molecule has 0 saturated heterocycles. The highest BCUT2D eigenvalue weighted by molar-refractivity contribution is 6.32. The minimum atomic E-state index is -0.268. The molecule has 0 atom stereocenters. The van der Waals surface area contributed by atoms with Gasteiger partial charge in [0.15, 0.2) is 0 Å². The Balaban J connectivity index is 1.63. The third-order valence-electron chi connectivity index (χ3n) is 5.27. The Hall–Kier alpha value is -3.12. The number of anilines is 1. The van der Waals surface area contributed by atoms with E-state index in [1.165, 1.54) is 0 Å². The third-order valence-corrected chi connectivity index (χ3v) is 5.59. The molecule has 0 bridgehead atoms. The van der Waals surface area contributed by atoms with Crippen LogP contribution >= 0.6 is 11.6 Å². The van der Waals surface area contributed by atoms with Crippen molar-refractivity contribution in [1.29, 1.82) is 0 Å². The fourth-order valence-electron chi connectivity index (χ4n) is 3.44. The number of para-hydroxylation sites is 1. The Labute approximate surface area is 186 Å². The third kappa shape index (κ3) is 4.80. The lowest BCUT2D eigenvalue weighted by molar-refractivity contribution is -0.137. The van der Waals surface area contributed by atoms with Crippen LogP contribution in [0.3, 0.4) is 0 Å². The van der Waals surface area contributed by atoms with Gasteiger partial charge in [0.1, 0.15) is 12.4 Å². The topological polar surface area (TPSA) is 67.2 Å². The van der Waals surface area contributed by atoms with Crippen LogP contribution in [0.5, 0.6) is 0 Å². The number of aromatic nitrogens is 2. The zero-order chi connectivity index (χ0) is 22.0. The molecule has 0 radical (unpaired) electrons. The van der Waals surface area contributed by atoms with Gasteiger partial charge in [-0.15, -0.1) is 0 Å². The molecule has 0 unspecified atom stereocenters. The summed E-state index contributed by atoms with van der Waals surface area (Å²) >= 11 is 6.41. The second-order valence-corrected chi connectivity index (χ2v) is 8.43. The van der Waals surface area contributed by atoms with Crippen molar-refractivity contribution in [2.24, 2.45) is 5.92 Å². The maximum Gasteiger partial charge on any atom is 0.245 e. The van der Waals surface area contributed by atoms with Gasteiger partial charge in [0, 0.05) is 23.6 Å². The van der Waals surface area contributed by atoms with Gasteiger partial charge in [0.2, 0.25) is 11.8 Å². The molecule has 1 aliphatic carbocycles. The largest absolute Gasteiger partial charge is 0.331 e. The van der Waals surface area contributed by atoms with Crippen molar-refractivity contribution in [2.45, 2.75) is 32.7 Å². The van der Waals surface area contributed by atoms with E-state index in [4.69, 9.17) is 11.6 Å². The van der Waals surface area contributed by atoms with E-state index in [0.717, 1.165) is 18.4 Å². The molecule has 3 aromatic rings. The second kappa shape index (κ2) is 8.94. The molecule has 2 aromatic carbocycles.